The van der Waals surface area contributed by atoms with Gasteiger partial charge in [0.1, 0.15) is 0 Å². The molecule has 0 unspecified atom stereocenters. The smallest absolute Gasteiger partial charge is 0.335 e. The standard InChI is InChI=1S/C23H23NO4S/c1-2-3-17-24(21-13-9-20(10-14-21)23(25)26)29(27,28)22-15-11-19(12-16-22)18-7-5-4-6-8-18/h4-16H,2-3,17H2,1H3,(H,25,26). The van der Waals surface area contributed by atoms with Crippen molar-refractivity contribution in [3.63, 3.8) is 0 Å². The Morgan fingerprint density at radius 1 is 0.862 bits per heavy atom. The van der Waals surface area contributed by atoms with Crippen molar-refractivity contribution < 1.29 is 18.3 Å². The van der Waals surface area contributed by atoms with E-state index in [-0.39, 0.29) is 10.5 Å². The van der Waals surface area contributed by atoms with Crippen LogP contribution >= 0.6 is 0 Å². The van der Waals surface area contributed by atoms with Gasteiger partial charge in [-0.05, 0) is 53.9 Å². The van der Waals surface area contributed by atoms with E-state index in [1.807, 2.05) is 37.3 Å². The summed E-state index contributed by atoms with van der Waals surface area (Å²) in [5.74, 6) is -1.05. The first-order valence-corrected chi connectivity index (χ1v) is 10.9. The summed E-state index contributed by atoms with van der Waals surface area (Å²) in [5, 5.41) is 9.08. The van der Waals surface area contributed by atoms with Gasteiger partial charge in [0.05, 0.1) is 16.1 Å². The van der Waals surface area contributed by atoms with E-state index >= 15 is 0 Å². The van der Waals surface area contributed by atoms with Crippen LogP contribution in [-0.2, 0) is 10.0 Å². The number of hydrogen-bond acceptors (Lipinski definition) is 3. The molecule has 0 atom stereocenters. The zero-order valence-electron chi connectivity index (χ0n) is 16.2. The Labute approximate surface area is 171 Å². The van der Waals surface area contributed by atoms with Crippen LogP contribution in [0.4, 0.5) is 5.69 Å². The second kappa shape index (κ2) is 8.92. The number of rotatable bonds is 8. The Balaban J connectivity index is 1.94. The minimum Gasteiger partial charge on any atom is -0.478 e. The van der Waals surface area contributed by atoms with Crippen molar-refractivity contribution in [3.8, 4) is 11.1 Å². The molecule has 0 spiro atoms. The van der Waals surface area contributed by atoms with Crippen molar-refractivity contribution in [1.29, 1.82) is 0 Å². The minimum absolute atomic E-state index is 0.119. The number of unbranched alkanes of at least 4 members (excludes halogenated alkanes) is 1. The Morgan fingerprint density at radius 2 is 1.45 bits per heavy atom. The summed E-state index contributed by atoms with van der Waals surface area (Å²) in [6.07, 6.45) is 1.54. The van der Waals surface area contributed by atoms with Gasteiger partial charge in [-0.1, -0.05) is 55.8 Å². The molecule has 5 nitrogen and oxygen atoms in total. The van der Waals surface area contributed by atoms with Gasteiger partial charge < -0.3 is 5.11 Å². The van der Waals surface area contributed by atoms with Gasteiger partial charge in [-0.25, -0.2) is 13.2 Å². The summed E-state index contributed by atoms with van der Waals surface area (Å²) in [5.41, 5.74) is 2.53. The first-order valence-electron chi connectivity index (χ1n) is 9.45. The molecule has 29 heavy (non-hydrogen) atoms. The molecule has 0 fully saturated rings. The van der Waals surface area contributed by atoms with Crippen molar-refractivity contribution in [1.82, 2.24) is 0 Å². The first kappa shape index (κ1) is 20.6. The Hall–Kier alpha value is -3.12. The summed E-state index contributed by atoms with van der Waals surface area (Å²) >= 11 is 0. The zero-order valence-corrected chi connectivity index (χ0v) is 17.0. The van der Waals surface area contributed by atoms with Crippen LogP contribution in [0.15, 0.2) is 83.8 Å². The summed E-state index contributed by atoms with van der Waals surface area (Å²) in [6.45, 7) is 2.32. The number of benzene rings is 3. The highest BCUT2D eigenvalue weighted by Gasteiger charge is 2.24. The monoisotopic (exact) mass is 409 g/mol. The molecule has 3 aromatic rings. The van der Waals surface area contributed by atoms with E-state index in [4.69, 9.17) is 5.11 Å². The van der Waals surface area contributed by atoms with E-state index in [0.717, 1.165) is 17.5 Å². The quantitative estimate of drug-likeness (QED) is 0.565. The molecule has 6 heteroatoms. The second-order valence-electron chi connectivity index (χ2n) is 6.67. The number of sulfonamides is 1. The largest absolute Gasteiger partial charge is 0.478 e. The Kier molecular flexibility index (Phi) is 6.34. The van der Waals surface area contributed by atoms with Gasteiger partial charge in [0.2, 0.25) is 0 Å². The molecule has 1 N–H and O–H groups in total. The summed E-state index contributed by atoms with van der Waals surface area (Å²) < 4.78 is 28.0. The van der Waals surface area contributed by atoms with Crippen molar-refractivity contribution in [2.24, 2.45) is 0 Å². The highest BCUT2D eigenvalue weighted by molar-refractivity contribution is 7.92. The number of hydrogen-bond donors (Lipinski definition) is 1. The highest BCUT2D eigenvalue weighted by Crippen LogP contribution is 2.27. The van der Waals surface area contributed by atoms with Crippen LogP contribution in [0.3, 0.4) is 0 Å². The molecular formula is C23H23NO4S. The lowest BCUT2D eigenvalue weighted by Crippen LogP contribution is -2.32. The fourth-order valence-corrected chi connectivity index (χ4v) is 4.54. The van der Waals surface area contributed by atoms with E-state index in [9.17, 15) is 13.2 Å². The molecule has 0 amide bonds. The molecule has 0 aliphatic heterocycles. The highest BCUT2D eigenvalue weighted by atomic mass is 32.2. The molecule has 3 rings (SSSR count). The minimum atomic E-state index is -3.77. The zero-order chi connectivity index (χ0) is 20.9. The Bertz CT molecular complexity index is 1060. The normalized spacial score (nSPS) is 11.2. The fraction of sp³-hybridized carbons (Fsp3) is 0.174. The van der Waals surface area contributed by atoms with E-state index < -0.39 is 16.0 Å². The van der Waals surface area contributed by atoms with Crippen LogP contribution in [0.5, 0.6) is 0 Å². The van der Waals surface area contributed by atoms with Crippen LogP contribution in [0.25, 0.3) is 11.1 Å². The lowest BCUT2D eigenvalue weighted by molar-refractivity contribution is 0.0697. The van der Waals surface area contributed by atoms with Crippen LogP contribution in [0.2, 0.25) is 0 Å². The maximum absolute atomic E-state index is 13.3. The lowest BCUT2D eigenvalue weighted by Gasteiger charge is -2.24. The van der Waals surface area contributed by atoms with E-state index in [1.165, 1.54) is 28.6 Å². The number of nitrogens with zero attached hydrogens (tertiary/aromatic N) is 1. The molecule has 150 valence electrons. The average Bonchev–Trinajstić information content (AvgIpc) is 2.75. The lowest BCUT2D eigenvalue weighted by atomic mass is 10.1. The van der Waals surface area contributed by atoms with Gasteiger partial charge in [-0.3, -0.25) is 4.31 Å². The fourth-order valence-electron chi connectivity index (χ4n) is 3.04. The molecule has 0 aliphatic carbocycles. The number of carboxylic acids is 1. The molecule has 0 heterocycles. The molecule has 0 aromatic heterocycles. The van der Waals surface area contributed by atoms with Crippen molar-refractivity contribution in [2.75, 3.05) is 10.8 Å². The van der Waals surface area contributed by atoms with E-state index in [1.54, 1.807) is 24.3 Å². The predicted octanol–water partition coefficient (Wildman–Crippen LogP) is 5.05. The van der Waals surface area contributed by atoms with Crippen LogP contribution in [0.1, 0.15) is 30.1 Å². The van der Waals surface area contributed by atoms with Crippen LogP contribution in [-0.4, -0.2) is 26.0 Å². The third kappa shape index (κ3) is 4.66. The molecule has 0 saturated carbocycles. The third-order valence-corrected chi connectivity index (χ3v) is 6.51. The summed E-state index contributed by atoms with van der Waals surface area (Å²) in [6, 6.07) is 22.5. The SMILES string of the molecule is CCCCN(c1ccc(C(=O)O)cc1)S(=O)(=O)c1ccc(-c2ccccc2)cc1. The van der Waals surface area contributed by atoms with Gasteiger partial charge in [-0.15, -0.1) is 0 Å². The molecule has 3 aromatic carbocycles. The average molecular weight is 410 g/mol. The maximum Gasteiger partial charge on any atom is 0.335 e. The molecule has 0 saturated heterocycles. The van der Waals surface area contributed by atoms with Crippen LogP contribution < -0.4 is 4.31 Å². The number of carbonyl (C=O) groups is 1. The topological polar surface area (TPSA) is 74.7 Å². The van der Waals surface area contributed by atoms with E-state index in [0.29, 0.717) is 18.7 Å². The number of carboxylic acid groups (broad SMARTS) is 1. The van der Waals surface area contributed by atoms with Crippen LogP contribution in [0, 0.1) is 0 Å². The summed E-state index contributed by atoms with van der Waals surface area (Å²) in [4.78, 5) is 11.3. The number of anilines is 1. The summed E-state index contributed by atoms with van der Waals surface area (Å²) in [7, 11) is -3.77. The van der Waals surface area contributed by atoms with Gasteiger partial charge >= 0.3 is 5.97 Å². The number of aromatic carboxylic acids is 1. The van der Waals surface area contributed by atoms with Gasteiger partial charge in [0.15, 0.2) is 0 Å². The Morgan fingerprint density at radius 3 is 2.00 bits per heavy atom. The van der Waals surface area contributed by atoms with Crippen molar-refractivity contribution >= 4 is 21.7 Å². The van der Waals surface area contributed by atoms with Crippen molar-refractivity contribution in [3.05, 3.63) is 84.4 Å². The maximum atomic E-state index is 13.3. The van der Waals surface area contributed by atoms with E-state index in [2.05, 4.69) is 0 Å². The second-order valence-corrected chi connectivity index (χ2v) is 8.54. The molecule has 0 radical (unpaired) electrons. The molecule has 0 aliphatic rings. The predicted molar refractivity (Wildman–Crippen MR) is 115 cm³/mol. The van der Waals surface area contributed by atoms with Gasteiger partial charge in [0.25, 0.3) is 10.0 Å². The van der Waals surface area contributed by atoms with Gasteiger partial charge in [-0.2, -0.15) is 0 Å². The molecular weight excluding hydrogens is 386 g/mol. The third-order valence-electron chi connectivity index (χ3n) is 4.67. The first-order chi connectivity index (χ1) is 13.9. The van der Waals surface area contributed by atoms with Gasteiger partial charge in [0, 0.05) is 6.54 Å². The molecule has 0 bridgehead atoms. The van der Waals surface area contributed by atoms with Crippen molar-refractivity contribution in [2.45, 2.75) is 24.7 Å².